The van der Waals surface area contributed by atoms with Crippen molar-refractivity contribution in [2.24, 2.45) is 4.99 Å². The molecule has 98 valence electrons. The third-order valence-electron chi connectivity index (χ3n) is 4.34. The Morgan fingerprint density at radius 1 is 1.42 bits per heavy atom. The molecule has 4 heteroatoms. The average Bonchev–Trinajstić information content (AvgIpc) is 2.76. The number of nitrogens with zero attached hydrogens (tertiary/aromatic N) is 2. The number of carbonyl (C=O) groups excluding carboxylic acids is 2. The fourth-order valence-electron chi connectivity index (χ4n) is 3.06. The van der Waals surface area contributed by atoms with Crippen LogP contribution < -0.4 is 4.90 Å². The molecule has 1 saturated carbocycles. The van der Waals surface area contributed by atoms with Gasteiger partial charge in [0.2, 0.25) is 12.0 Å². The molecule has 0 radical (unpaired) electrons. The van der Waals surface area contributed by atoms with Gasteiger partial charge < -0.3 is 4.90 Å². The quantitative estimate of drug-likeness (QED) is 0.602. The van der Waals surface area contributed by atoms with Crippen LogP contribution in [0, 0.1) is 0 Å². The molecule has 0 saturated heterocycles. The maximum Gasteiger partial charge on any atom is 0.235 e. The lowest BCUT2D eigenvalue weighted by molar-refractivity contribution is -0.116. The van der Waals surface area contributed by atoms with Crippen molar-refractivity contribution in [1.29, 1.82) is 0 Å². The van der Waals surface area contributed by atoms with Gasteiger partial charge in [0.1, 0.15) is 0 Å². The minimum Gasteiger partial charge on any atom is -0.312 e. The number of anilines is 1. The first kappa shape index (κ1) is 12.1. The molecule has 3 rings (SSSR count). The Labute approximate surface area is 112 Å². The van der Waals surface area contributed by atoms with E-state index >= 15 is 0 Å². The van der Waals surface area contributed by atoms with Gasteiger partial charge in [0, 0.05) is 19.2 Å². The van der Waals surface area contributed by atoms with Crippen LogP contribution in [0.2, 0.25) is 0 Å². The van der Waals surface area contributed by atoms with E-state index in [9.17, 15) is 9.59 Å². The van der Waals surface area contributed by atoms with Crippen molar-refractivity contribution in [2.75, 3.05) is 11.4 Å². The van der Waals surface area contributed by atoms with Gasteiger partial charge in [-0.1, -0.05) is 12.1 Å². The molecular formula is C15H16N2O2. The Morgan fingerprint density at radius 3 is 2.79 bits per heavy atom. The average molecular weight is 256 g/mol. The minimum absolute atomic E-state index is 0.0671. The number of benzene rings is 1. The van der Waals surface area contributed by atoms with Crippen LogP contribution in [0.15, 0.2) is 23.2 Å². The molecule has 1 fully saturated rings. The zero-order valence-corrected chi connectivity index (χ0v) is 11.0. The molecule has 1 aromatic rings. The summed E-state index contributed by atoms with van der Waals surface area (Å²) in [4.78, 5) is 28.1. The summed E-state index contributed by atoms with van der Waals surface area (Å²) in [5.74, 6) is 0.0671. The Morgan fingerprint density at radius 2 is 2.21 bits per heavy atom. The van der Waals surface area contributed by atoms with Crippen molar-refractivity contribution in [3.8, 4) is 0 Å². The highest BCUT2D eigenvalue weighted by Gasteiger charge is 2.39. The van der Waals surface area contributed by atoms with E-state index in [2.05, 4.69) is 11.1 Å². The highest BCUT2D eigenvalue weighted by atomic mass is 16.2. The maximum absolute atomic E-state index is 11.6. The van der Waals surface area contributed by atoms with Crippen molar-refractivity contribution >= 4 is 17.7 Å². The van der Waals surface area contributed by atoms with Gasteiger partial charge in [0.05, 0.1) is 5.54 Å². The van der Waals surface area contributed by atoms with E-state index in [4.69, 9.17) is 0 Å². The molecule has 1 aliphatic carbocycles. The van der Waals surface area contributed by atoms with Gasteiger partial charge in [-0.2, -0.15) is 4.99 Å². The van der Waals surface area contributed by atoms with Crippen molar-refractivity contribution in [2.45, 2.75) is 38.1 Å². The maximum atomic E-state index is 11.6. The summed E-state index contributed by atoms with van der Waals surface area (Å²) < 4.78 is 0. The smallest absolute Gasteiger partial charge is 0.235 e. The zero-order valence-electron chi connectivity index (χ0n) is 11.0. The highest BCUT2D eigenvalue weighted by Crippen LogP contribution is 2.46. The monoisotopic (exact) mass is 256 g/mol. The Bertz CT molecular complexity index is 584. The number of rotatable bonds is 2. The van der Waals surface area contributed by atoms with E-state index in [0.29, 0.717) is 0 Å². The third-order valence-corrected chi connectivity index (χ3v) is 4.34. The van der Waals surface area contributed by atoms with Gasteiger partial charge in [0.25, 0.3) is 0 Å². The largest absolute Gasteiger partial charge is 0.312 e. The minimum atomic E-state index is -0.387. The predicted octanol–water partition coefficient (Wildman–Crippen LogP) is 2.31. The topological polar surface area (TPSA) is 49.7 Å². The predicted molar refractivity (Wildman–Crippen MR) is 71.8 cm³/mol. The number of hydrogen-bond acceptors (Lipinski definition) is 3. The summed E-state index contributed by atoms with van der Waals surface area (Å²) in [7, 11) is 0. The fraction of sp³-hybridized carbons (Fsp3) is 0.467. The summed E-state index contributed by atoms with van der Waals surface area (Å²) in [5, 5.41) is 0. The first-order valence-corrected chi connectivity index (χ1v) is 6.67. The van der Waals surface area contributed by atoms with Crippen LogP contribution in [-0.2, 0) is 21.5 Å². The fourth-order valence-corrected chi connectivity index (χ4v) is 3.06. The van der Waals surface area contributed by atoms with Gasteiger partial charge in [-0.05, 0) is 42.9 Å². The Hall–Kier alpha value is -1.93. The lowest BCUT2D eigenvalue weighted by Crippen LogP contribution is -2.32. The molecule has 0 spiro atoms. The summed E-state index contributed by atoms with van der Waals surface area (Å²) >= 11 is 0. The van der Waals surface area contributed by atoms with E-state index in [1.165, 1.54) is 5.56 Å². The van der Waals surface area contributed by atoms with E-state index in [1.54, 1.807) is 17.9 Å². The summed E-state index contributed by atoms with van der Waals surface area (Å²) in [6, 6.07) is 6.14. The van der Waals surface area contributed by atoms with Crippen LogP contribution in [0.3, 0.4) is 0 Å². The van der Waals surface area contributed by atoms with Crippen molar-refractivity contribution in [3.63, 3.8) is 0 Å². The molecular weight excluding hydrogens is 240 g/mol. The van der Waals surface area contributed by atoms with Crippen molar-refractivity contribution < 1.29 is 9.59 Å². The van der Waals surface area contributed by atoms with E-state index in [0.717, 1.165) is 43.5 Å². The van der Waals surface area contributed by atoms with Gasteiger partial charge in [0.15, 0.2) is 0 Å². The number of hydrogen-bond donors (Lipinski definition) is 0. The van der Waals surface area contributed by atoms with E-state index in [-0.39, 0.29) is 11.4 Å². The number of fused-ring (bicyclic) bond motifs is 1. The van der Waals surface area contributed by atoms with E-state index < -0.39 is 0 Å². The van der Waals surface area contributed by atoms with Gasteiger partial charge in [-0.3, -0.25) is 4.79 Å². The van der Waals surface area contributed by atoms with Crippen molar-refractivity contribution in [1.82, 2.24) is 0 Å². The second-order valence-corrected chi connectivity index (χ2v) is 5.35. The molecule has 0 atom stereocenters. The molecule has 0 bridgehead atoms. The first-order valence-electron chi connectivity index (χ1n) is 6.67. The SMILES string of the molecule is CC(=O)N1CCc2ccc(C3(N=C=O)CCC3)cc21. The third kappa shape index (κ3) is 1.80. The van der Waals surface area contributed by atoms with Crippen molar-refractivity contribution in [3.05, 3.63) is 29.3 Å². The molecule has 1 amide bonds. The molecule has 4 nitrogen and oxygen atoms in total. The molecule has 1 heterocycles. The van der Waals surface area contributed by atoms with Crippen LogP contribution in [0.25, 0.3) is 0 Å². The highest BCUT2D eigenvalue weighted by molar-refractivity contribution is 5.93. The van der Waals surface area contributed by atoms with Gasteiger partial charge in [-0.25, -0.2) is 4.79 Å². The molecule has 19 heavy (non-hydrogen) atoms. The van der Waals surface area contributed by atoms with Crippen LogP contribution in [0.5, 0.6) is 0 Å². The zero-order chi connectivity index (χ0) is 13.5. The standard InChI is InChI=1S/C15H16N2O2/c1-11(19)17-8-5-12-3-4-13(9-14(12)17)15(16-10-18)6-2-7-15/h3-4,9H,2,5-8H2,1H3. The summed E-state index contributed by atoms with van der Waals surface area (Å²) in [6.45, 7) is 2.34. The Balaban J connectivity index is 2.04. The number of carbonyl (C=O) groups is 1. The van der Waals surface area contributed by atoms with Crippen LogP contribution >= 0.6 is 0 Å². The van der Waals surface area contributed by atoms with Crippen LogP contribution in [0.4, 0.5) is 5.69 Å². The molecule has 1 aromatic carbocycles. The van der Waals surface area contributed by atoms with Crippen LogP contribution in [-0.4, -0.2) is 18.5 Å². The lowest BCUT2D eigenvalue weighted by Gasteiger charge is -2.37. The van der Waals surface area contributed by atoms with E-state index in [1.807, 2.05) is 12.1 Å². The second kappa shape index (κ2) is 4.32. The number of isocyanates is 1. The summed E-state index contributed by atoms with van der Waals surface area (Å²) in [5.41, 5.74) is 2.83. The lowest BCUT2D eigenvalue weighted by atomic mass is 9.72. The van der Waals surface area contributed by atoms with Gasteiger partial charge in [-0.15, -0.1) is 0 Å². The number of aliphatic imine (C=N–C) groups is 1. The van der Waals surface area contributed by atoms with Crippen LogP contribution in [0.1, 0.15) is 37.3 Å². The van der Waals surface area contributed by atoms with Gasteiger partial charge >= 0.3 is 0 Å². The molecule has 0 aromatic heterocycles. The normalized spacial score (nSPS) is 19.3. The summed E-state index contributed by atoms with van der Waals surface area (Å²) in [6.07, 6.45) is 5.47. The second-order valence-electron chi connectivity index (χ2n) is 5.35. The first-order chi connectivity index (χ1) is 9.16. The number of amides is 1. The Kier molecular flexibility index (Phi) is 2.76. The molecule has 0 unspecified atom stereocenters. The molecule has 2 aliphatic rings. The molecule has 0 N–H and O–H groups in total. The molecule has 1 aliphatic heterocycles.